The largest absolute Gasteiger partial charge is 0.597 e. The summed E-state index contributed by atoms with van der Waals surface area (Å²) in [4.78, 5) is 22.4. The first kappa shape index (κ1) is 38.0. The number of carboxylic acids is 2. The molecule has 0 saturated carbocycles. The SMILES string of the molecule is Cc1nn(-c2ccccc2Cl)c(O)c1N=Nc1ccccc1C(=O)O.Cc1nn(-c2ccccc2Cl)c(O)c1N[N-]c1ccccc1C(=O)O.[Cr]. The van der Waals surface area contributed by atoms with Crippen molar-refractivity contribution in [2.24, 2.45) is 10.2 Å². The number of azo groups is 1. The topological polar surface area (TPSA) is 202 Å². The molecule has 14 nitrogen and oxygen atoms in total. The average Bonchev–Trinajstić information content (AvgIpc) is 3.55. The molecule has 0 saturated heterocycles. The molecule has 51 heavy (non-hydrogen) atoms. The van der Waals surface area contributed by atoms with Crippen molar-refractivity contribution in [2.75, 3.05) is 5.43 Å². The number of halogens is 2. The molecule has 0 unspecified atom stereocenters. The maximum atomic E-state index is 11.2. The van der Waals surface area contributed by atoms with Gasteiger partial charge in [0, 0.05) is 22.9 Å². The smallest absolute Gasteiger partial charge is 0.337 e. The van der Waals surface area contributed by atoms with Crippen LogP contribution in [0.3, 0.4) is 0 Å². The molecule has 2 heterocycles. The van der Waals surface area contributed by atoms with E-state index in [2.05, 4.69) is 31.3 Å². The number of anilines is 1. The fourth-order valence-electron chi connectivity index (χ4n) is 4.57. The Kier molecular flexibility index (Phi) is 12.4. The number of aromatic nitrogens is 4. The van der Waals surface area contributed by atoms with Crippen molar-refractivity contribution in [2.45, 2.75) is 13.8 Å². The Hall–Kier alpha value is -5.85. The van der Waals surface area contributed by atoms with E-state index in [1.807, 2.05) is 0 Å². The van der Waals surface area contributed by atoms with Crippen LogP contribution in [0.2, 0.25) is 10.0 Å². The van der Waals surface area contributed by atoms with Crippen molar-refractivity contribution in [1.29, 1.82) is 0 Å². The normalized spacial score (nSPS) is 10.6. The van der Waals surface area contributed by atoms with Gasteiger partial charge in [-0.3, -0.25) is 0 Å². The molecule has 0 spiro atoms. The van der Waals surface area contributed by atoms with Crippen LogP contribution in [-0.2, 0) is 17.4 Å². The Morgan fingerprint density at radius 2 is 1.18 bits per heavy atom. The molecule has 6 aromatic rings. The summed E-state index contributed by atoms with van der Waals surface area (Å²) in [5.74, 6) is -2.61. The molecule has 0 bridgehead atoms. The van der Waals surface area contributed by atoms with Gasteiger partial charge in [0.05, 0.1) is 38.4 Å². The maximum Gasteiger partial charge on any atom is 0.337 e. The Labute approximate surface area is 311 Å². The molecular formula is C34H27Cl2CrN8O6-. The van der Waals surface area contributed by atoms with Gasteiger partial charge in [-0.05, 0) is 56.3 Å². The van der Waals surface area contributed by atoms with Crippen molar-refractivity contribution in [3.05, 3.63) is 135 Å². The van der Waals surface area contributed by atoms with Crippen molar-refractivity contribution >= 4 is 57.9 Å². The summed E-state index contributed by atoms with van der Waals surface area (Å²) >= 11 is 12.3. The van der Waals surface area contributed by atoms with Gasteiger partial charge in [-0.15, -0.1) is 15.9 Å². The first-order valence-corrected chi connectivity index (χ1v) is 15.3. The summed E-state index contributed by atoms with van der Waals surface area (Å²) in [6.45, 7) is 3.35. The second-order valence-corrected chi connectivity index (χ2v) is 11.2. The Morgan fingerprint density at radius 1 is 0.686 bits per heavy atom. The zero-order valence-corrected chi connectivity index (χ0v) is 29.4. The van der Waals surface area contributed by atoms with Gasteiger partial charge in [0.15, 0.2) is 5.69 Å². The number of hydrogen-bond acceptors (Lipinski definition) is 9. The summed E-state index contributed by atoms with van der Waals surface area (Å²) in [5.41, 5.74) is 9.56. The van der Waals surface area contributed by atoms with Gasteiger partial charge >= 0.3 is 11.9 Å². The molecule has 260 valence electrons. The van der Waals surface area contributed by atoms with Gasteiger partial charge in [-0.1, -0.05) is 77.8 Å². The van der Waals surface area contributed by atoms with Gasteiger partial charge in [0.2, 0.25) is 11.8 Å². The number of aromatic hydroxyl groups is 2. The fourth-order valence-corrected chi connectivity index (χ4v) is 5.00. The summed E-state index contributed by atoms with van der Waals surface area (Å²) in [5, 5.41) is 56.5. The van der Waals surface area contributed by atoms with Crippen molar-refractivity contribution in [1.82, 2.24) is 19.6 Å². The first-order chi connectivity index (χ1) is 24.0. The van der Waals surface area contributed by atoms with Gasteiger partial charge in [-0.25, -0.2) is 9.59 Å². The van der Waals surface area contributed by atoms with Crippen LogP contribution in [0.4, 0.5) is 22.7 Å². The van der Waals surface area contributed by atoms with E-state index in [1.54, 1.807) is 92.7 Å². The molecule has 6 rings (SSSR count). The molecule has 0 radical (unpaired) electrons. The number of para-hydroxylation sites is 3. The third kappa shape index (κ3) is 8.49. The molecule has 5 N–H and O–H groups in total. The molecule has 0 aliphatic carbocycles. The summed E-state index contributed by atoms with van der Waals surface area (Å²) in [6, 6.07) is 26.4. The number of nitrogens with zero attached hydrogens (tertiary/aromatic N) is 7. The van der Waals surface area contributed by atoms with Crippen molar-refractivity contribution in [3.63, 3.8) is 0 Å². The summed E-state index contributed by atoms with van der Waals surface area (Å²) in [6.07, 6.45) is 0. The standard InChI is InChI=1S/C17H14ClN4O3.C17H13ClN4O3.Cr/c2*1-10-15(20-19-13-8-4-2-6-11(13)17(24)25)16(23)22(21-10)14-9-5-3-7-12(14)18;/h2-9,20H,1H3,(H,21,23)(H,24,25);2-9,23H,1H3,(H,24,25);/q-1;;. The van der Waals surface area contributed by atoms with Crippen LogP contribution in [0.15, 0.2) is 107 Å². The van der Waals surface area contributed by atoms with E-state index in [9.17, 15) is 30.0 Å². The quantitative estimate of drug-likeness (QED) is 0.0703. The van der Waals surface area contributed by atoms with Crippen molar-refractivity contribution in [3.8, 4) is 23.1 Å². The minimum Gasteiger partial charge on any atom is -0.597 e. The van der Waals surface area contributed by atoms with Gasteiger partial charge in [0.25, 0.3) is 0 Å². The number of aromatic carboxylic acids is 2. The monoisotopic (exact) mass is 765 g/mol. The summed E-state index contributed by atoms with van der Waals surface area (Å²) < 4.78 is 2.55. The first-order valence-electron chi connectivity index (χ1n) is 14.6. The maximum absolute atomic E-state index is 11.2. The Balaban J connectivity index is 0.000000224. The van der Waals surface area contributed by atoms with Crippen LogP contribution >= 0.6 is 23.2 Å². The van der Waals surface area contributed by atoms with E-state index in [1.165, 1.54) is 27.6 Å². The van der Waals surface area contributed by atoms with Crippen LogP contribution in [0.1, 0.15) is 32.1 Å². The van der Waals surface area contributed by atoms with E-state index in [0.29, 0.717) is 32.8 Å². The zero-order valence-electron chi connectivity index (χ0n) is 26.6. The van der Waals surface area contributed by atoms with Gasteiger partial charge in [0.1, 0.15) is 11.4 Å². The minimum absolute atomic E-state index is 0. The second-order valence-electron chi connectivity index (χ2n) is 10.3. The Bertz CT molecular complexity index is 2240. The van der Waals surface area contributed by atoms with E-state index in [-0.39, 0.29) is 63.0 Å². The zero-order chi connectivity index (χ0) is 35.9. The van der Waals surface area contributed by atoms with E-state index in [0.717, 1.165) is 0 Å². The molecule has 0 fully saturated rings. The number of rotatable bonds is 9. The summed E-state index contributed by atoms with van der Waals surface area (Å²) in [7, 11) is 0. The van der Waals surface area contributed by atoms with E-state index < -0.39 is 11.9 Å². The third-order valence-electron chi connectivity index (χ3n) is 7.02. The number of aryl methyl sites for hydroxylation is 2. The molecule has 2 aromatic heterocycles. The predicted octanol–water partition coefficient (Wildman–Crippen LogP) is 8.92. The number of benzene rings is 4. The van der Waals surface area contributed by atoms with Crippen molar-refractivity contribution < 1.29 is 47.4 Å². The van der Waals surface area contributed by atoms with Gasteiger partial charge in [-0.2, -0.15) is 19.6 Å². The molecule has 4 aromatic carbocycles. The number of hydrogen-bond donors (Lipinski definition) is 5. The molecule has 0 amide bonds. The fraction of sp³-hybridized carbons (Fsp3) is 0.0588. The second kappa shape index (κ2) is 16.7. The number of carboxylic acid groups (broad SMARTS) is 2. The van der Waals surface area contributed by atoms with Crippen LogP contribution in [-0.4, -0.2) is 51.9 Å². The molecular weight excluding hydrogens is 739 g/mol. The predicted molar refractivity (Wildman–Crippen MR) is 188 cm³/mol. The number of nitrogens with one attached hydrogen (secondary N) is 1. The van der Waals surface area contributed by atoms with E-state index >= 15 is 0 Å². The molecule has 17 heteroatoms. The average molecular weight is 767 g/mol. The third-order valence-corrected chi connectivity index (χ3v) is 7.66. The van der Waals surface area contributed by atoms with Crippen LogP contribution in [0.25, 0.3) is 16.8 Å². The van der Waals surface area contributed by atoms with Crippen LogP contribution in [0, 0.1) is 13.8 Å². The number of carbonyl (C=O) groups is 2. The van der Waals surface area contributed by atoms with Crippen LogP contribution < -0.4 is 5.43 Å². The molecule has 0 aliphatic heterocycles. The van der Waals surface area contributed by atoms with E-state index in [4.69, 9.17) is 23.2 Å². The molecule has 0 atom stereocenters. The Morgan fingerprint density at radius 3 is 1.76 bits per heavy atom. The van der Waals surface area contributed by atoms with Gasteiger partial charge < -0.3 is 31.3 Å². The van der Waals surface area contributed by atoms with Crippen LogP contribution in [0.5, 0.6) is 11.8 Å². The molecule has 0 aliphatic rings. The minimum atomic E-state index is -1.11.